The third-order valence-corrected chi connectivity index (χ3v) is 13.2. The summed E-state index contributed by atoms with van der Waals surface area (Å²) < 4.78 is 5.48. The number of aldehydes is 1. The molecule has 0 spiro atoms. The van der Waals surface area contributed by atoms with Gasteiger partial charge in [0.15, 0.2) is 0 Å². The van der Waals surface area contributed by atoms with Crippen LogP contribution in [0.15, 0.2) is 11.6 Å². The van der Waals surface area contributed by atoms with Crippen molar-refractivity contribution in [2.45, 2.75) is 106 Å². The van der Waals surface area contributed by atoms with Gasteiger partial charge in [0.25, 0.3) is 0 Å². The molecule has 0 radical (unpaired) electrons. The molecule has 0 aliphatic heterocycles. The molecule has 8 atom stereocenters. The van der Waals surface area contributed by atoms with Gasteiger partial charge in [-0.05, 0) is 103 Å². The van der Waals surface area contributed by atoms with Crippen LogP contribution in [-0.2, 0) is 14.3 Å². The maximum Gasteiger partial charge on any atom is 0.312 e. The topological polar surface area (TPSA) is 43.4 Å². The molecule has 0 amide bonds. The summed E-state index contributed by atoms with van der Waals surface area (Å²) in [5.41, 5.74) is 2.12. The standard InChI is InChI=1S/C31H48O3/c1-26(2)13-15-31(25(33)34-8)16-14-29(6)21(22(31)18-26)9-10-24-28(5)17-20(19-32)27(3,4)23(28)11-12-30(24,29)7/h9,19-20,22-24H,10-18H2,1-8H3/t20-,22-,23-,24+,28-,29+,30+,31-/m0/s1. The van der Waals surface area contributed by atoms with Crippen LogP contribution in [0.3, 0.4) is 0 Å². The molecule has 0 aromatic rings. The Labute approximate surface area is 207 Å². The van der Waals surface area contributed by atoms with Crippen molar-refractivity contribution in [2.75, 3.05) is 7.11 Å². The monoisotopic (exact) mass is 468 g/mol. The van der Waals surface area contributed by atoms with Crippen molar-refractivity contribution in [3.63, 3.8) is 0 Å². The average molecular weight is 469 g/mol. The van der Waals surface area contributed by atoms with Crippen LogP contribution in [-0.4, -0.2) is 19.4 Å². The van der Waals surface area contributed by atoms with Crippen LogP contribution < -0.4 is 0 Å². The Morgan fingerprint density at radius 3 is 2.26 bits per heavy atom. The van der Waals surface area contributed by atoms with E-state index in [0.29, 0.717) is 17.8 Å². The summed E-state index contributed by atoms with van der Waals surface area (Å²) in [5, 5.41) is 0. The summed E-state index contributed by atoms with van der Waals surface area (Å²) in [6, 6.07) is 0. The van der Waals surface area contributed by atoms with E-state index in [1.54, 1.807) is 12.7 Å². The molecular weight excluding hydrogens is 420 g/mol. The summed E-state index contributed by atoms with van der Waals surface area (Å²) >= 11 is 0. The minimum atomic E-state index is -0.335. The Balaban J connectivity index is 1.60. The third kappa shape index (κ3) is 2.82. The first-order chi connectivity index (χ1) is 15.7. The lowest BCUT2D eigenvalue weighted by Gasteiger charge is -2.68. The second kappa shape index (κ2) is 7.22. The van der Waals surface area contributed by atoms with Crippen molar-refractivity contribution in [1.29, 1.82) is 0 Å². The van der Waals surface area contributed by atoms with E-state index >= 15 is 0 Å². The normalized spacial score (nSPS) is 50.6. The largest absolute Gasteiger partial charge is 0.469 e. The number of carbonyl (C=O) groups excluding carboxylic acids is 2. The van der Waals surface area contributed by atoms with Gasteiger partial charge >= 0.3 is 5.97 Å². The molecule has 0 N–H and O–H groups in total. The summed E-state index contributed by atoms with van der Waals surface area (Å²) in [6.07, 6.45) is 13.7. The van der Waals surface area contributed by atoms with Crippen molar-refractivity contribution in [3.05, 3.63) is 11.6 Å². The van der Waals surface area contributed by atoms with Gasteiger partial charge < -0.3 is 9.53 Å². The smallest absolute Gasteiger partial charge is 0.312 e. The Hall–Kier alpha value is -1.12. The van der Waals surface area contributed by atoms with Gasteiger partial charge in [-0.3, -0.25) is 4.79 Å². The number of carbonyl (C=O) groups is 2. The van der Waals surface area contributed by atoms with Crippen LogP contribution in [0.4, 0.5) is 0 Å². The van der Waals surface area contributed by atoms with Gasteiger partial charge in [0, 0.05) is 5.92 Å². The molecule has 4 fully saturated rings. The number of hydrogen-bond donors (Lipinski definition) is 0. The van der Waals surface area contributed by atoms with E-state index in [9.17, 15) is 9.59 Å². The summed E-state index contributed by atoms with van der Waals surface area (Å²) in [4.78, 5) is 25.5. The molecule has 0 aromatic carbocycles. The SMILES string of the molecule is COC(=O)[C@]12CCC(C)(C)C[C@H]1C1=CC[C@@H]3[C@@]4(C)C[C@@H](C=O)C(C)(C)[C@@H]4CC[C@@]3(C)[C@]1(C)CC2. The van der Waals surface area contributed by atoms with E-state index in [1.165, 1.54) is 19.1 Å². The number of methoxy groups -OCH3 is 1. The van der Waals surface area contributed by atoms with Crippen LogP contribution >= 0.6 is 0 Å². The maximum atomic E-state index is 13.3. The van der Waals surface area contributed by atoms with Crippen LogP contribution in [0.25, 0.3) is 0 Å². The highest BCUT2D eigenvalue weighted by molar-refractivity contribution is 5.78. The molecule has 0 unspecified atom stereocenters. The number of esters is 1. The molecule has 3 nitrogen and oxygen atoms in total. The lowest BCUT2D eigenvalue weighted by Crippen LogP contribution is -2.62. The summed E-state index contributed by atoms with van der Waals surface area (Å²) in [5.74, 6) is 1.71. The second-order valence-corrected chi connectivity index (χ2v) is 15.1. The minimum Gasteiger partial charge on any atom is -0.469 e. The van der Waals surface area contributed by atoms with E-state index in [1.807, 2.05) is 0 Å². The van der Waals surface area contributed by atoms with Crippen LogP contribution in [0.2, 0.25) is 0 Å². The molecule has 0 saturated heterocycles. The molecule has 3 heteroatoms. The van der Waals surface area contributed by atoms with Crippen molar-refractivity contribution in [2.24, 2.45) is 56.2 Å². The van der Waals surface area contributed by atoms with Gasteiger partial charge in [-0.15, -0.1) is 0 Å². The molecule has 4 saturated carbocycles. The molecule has 34 heavy (non-hydrogen) atoms. The molecular formula is C31H48O3. The molecule has 5 rings (SSSR count). The van der Waals surface area contributed by atoms with Crippen molar-refractivity contribution in [3.8, 4) is 0 Å². The summed E-state index contributed by atoms with van der Waals surface area (Å²) in [6.45, 7) is 17.2. The van der Waals surface area contributed by atoms with Crippen LogP contribution in [0.1, 0.15) is 106 Å². The average Bonchev–Trinajstić information content (AvgIpc) is 2.98. The fourth-order valence-corrected chi connectivity index (χ4v) is 10.9. The number of hydrogen-bond acceptors (Lipinski definition) is 3. The minimum absolute atomic E-state index is 0.0327. The van der Waals surface area contributed by atoms with Crippen LogP contribution in [0, 0.1) is 56.2 Å². The van der Waals surface area contributed by atoms with Gasteiger partial charge in [0.05, 0.1) is 12.5 Å². The van der Waals surface area contributed by atoms with E-state index in [4.69, 9.17) is 4.74 Å². The molecule has 5 aliphatic carbocycles. The third-order valence-electron chi connectivity index (χ3n) is 13.2. The summed E-state index contributed by atoms with van der Waals surface area (Å²) in [7, 11) is 1.59. The van der Waals surface area contributed by atoms with E-state index in [2.05, 4.69) is 54.5 Å². The number of allylic oxidation sites excluding steroid dienone is 2. The molecule has 0 bridgehead atoms. The fraction of sp³-hybridized carbons (Fsp3) is 0.871. The quantitative estimate of drug-likeness (QED) is 0.241. The first-order valence-electron chi connectivity index (χ1n) is 14.0. The zero-order chi connectivity index (χ0) is 24.9. The van der Waals surface area contributed by atoms with Gasteiger partial charge in [0.2, 0.25) is 0 Å². The van der Waals surface area contributed by atoms with Gasteiger partial charge in [-0.25, -0.2) is 0 Å². The van der Waals surface area contributed by atoms with Crippen molar-refractivity contribution in [1.82, 2.24) is 0 Å². The maximum absolute atomic E-state index is 13.3. The zero-order valence-electron chi connectivity index (χ0n) is 23.1. The first kappa shape index (κ1) is 24.6. The number of fused-ring (bicyclic) bond motifs is 7. The van der Waals surface area contributed by atoms with Crippen molar-refractivity contribution >= 4 is 12.3 Å². The predicted octanol–water partition coefficient (Wildman–Crippen LogP) is 7.39. The van der Waals surface area contributed by atoms with Crippen LogP contribution in [0.5, 0.6) is 0 Å². The lowest BCUT2D eigenvalue weighted by atomic mass is 9.35. The van der Waals surface area contributed by atoms with Crippen molar-refractivity contribution < 1.29 is 14.3 Å². The molecule has 0 aromatic heterocycles. The highest BCUT2D eigenvalue weighted by Gasteiger charge is 2.70. The van der Waals surface area contributed by atoms with E-state index in [0.717, 1.165) is 44.9 Å². The fourth-order valence-electron chi connectivity index (χ4n) is 10.9. The first-order valence-corrected chi connectivity index (χ1v) is 14.0. The highest BCUT2D eigenvalue weighted by Crippen LogP contribution is 2.77. The van der Waals surface area contributed by atoms with E-state index in [-0.39, 0.29) is 44.4 Å². The number of rotatable bonds is 2. The predicted molar refractivity (Wildman–Crippen MR) is 136 cm³/mol. The van der Waals surface area contributed by atoms with Gasteiger partial charge in [-0.2, -0.15) is 0 Å². The molecule has 190 valence electrons. The Morgan fingerprint density at radius 2 is 1.62 bits per heavy atom. The zero-order valence-corrected chi connectivity index (χ0v) is 23.1. The van der Waals surface area contributed by atoms with Gasteiger partial charge in [-0.1, -0.05) is 60.1 Å². The molecule has 0 heterocycles. The van der Waals surface area contributed by atoms with Gasteiger partial charge in [0.1, 0.15) is 6.29 Å². The Morgan fingerprint density at radius 1 is 0.941 bits per heavy atom. The second-order valence-electron chi connectivity index (χ2n) is 15.1. The Kier molecular flexibility index (Phi) is 5.22. The Bertz CT molecular complexity index is 929. The van der Waals surface area contributed by atoms with E-state index < -0.39 is 0 Å². The molecule has 5 aliphatic rings. The number of ether oxygens (including phenoxy) is 1. The lowest BCUT2D eigenvalue weighted by molar-refractivity contribution is -0.175. The highest BCUT2D eigenvalue weighted by atomic mass is 16.5.